The Bertz CT molecular complexity index is 1020. The second kappa shape index (κ2) is 10.6. The summed E-state index contributed by atoms with van der Waals surface area (Å²) in [5.74, 6) is 0.280. The van der Waals surface area contributed by atoms with Crippen LogP contribution in [0.4, 0.5) is 10.1 Å². The van der Waals surface area contributed by atoms with E-state index in [9.17, 15) is 9.18 Å². The van der Waals surface area contributed by atoms with E-state index in [1.54, 1.807) is 6.07 Å². The maximum Gasteiger partial charge on any atom is 0.234 e. The summed E-state index contributed by atoms with van der Waals surface area (Å²) in [6, 6.07) is 12.1. The summed E-state index contributed by atoms with van der Waals surface area (Å²) in [6.45, 7) is 6.66. The van der Waals surface area contributed by atoms with Crippen molar-refractivity contribution in [1.82, 2.24) is 0 Å². The van der Waals surface area contributed by atoms with E-state index in [0.29, 0.717) is 17.3 Å². The first-order chi connectivity index (χ1) is 15.3. The lowest BCUT2D eigenvalue weighted by Crippen LogP contribution is -2.18. The molecule has 170 valence electrons. The fourth-order valence-electron chi connectivity index (χ4n) is 3.06. The van der Waals surface area contributed by atoms with Gasteiger partial charge >= 0.3 is 0 Å². The van der Waals surface area contributed by atoms with Crippen molar-refractivity contribution < 1.29 is 18.7 Å². The van der Waals surface area contributed by atoms with Gasteiger partial charge in [0, 0.05) is 17.3 Å². The molecule has 0 bridgehead atoms. The number of halogens is 1. The maximum atomic E-state index is 13.8. The van der Waals surface area contributed by atoms with Gasteiger partial charge in [-0.1, -0.05) is 25.1 Å². The molecule has 6 nitrogen and oxygen atoms in total. The molecular formula is C24H28FN3O3S. The van der Waals surface area contributed by atoms with Gasteiger partial charge in [0.25, 0.3) is 0 Å². The summed E-state index contributed by atoms with van der Waals surface area (Å²) >= 11 is 1.31. The summed E-state index contributed by atoms with van der Waals surface area (Å²) in [6.07, 6.45) is 2.10. The van der Waals surface area contributed by atoms with E-state index < -0.39 is 11.5 Å². The topological polar surface area (TPSA) is 72.3 Å². The van der Waals surface area contributed by atoms with Crippen molar-refractivity contribution in [1.29, 1.82) is 0 Å². The van der Waals surface area contributed by atoms with Crippen LogP contribution < -0.4 is 14.8 Å². The lowest BCUT2D eigenvalue weighted by atomic mass is 10.1. The van der Waals surface area contributed by atoms with Gasteiger partial charge in [-0.3, -0.25) is 9.79 Å². The molecule has 1 amide bonds. The molecule has 1 aliphatic rings. The molecule has 0 unspecified atom stereocenters. The number of rotatable bonds is 9. The van der Waals surface area contributed by atoms with Gasteiger partial charge in [-0.15, -0.1) is 0 Å². The van der Waals surface area contributed by atoms with Gasteiger partial charge in [0.05, 0.1) is 25.2 Å². The van der Waals surface area contributed by atoms with Crippen LogP contribution in [0.5, 0.6) is 11.5 Å². The lowest BCUT2D eigenvalue weighted by Gasteiger charge is -2.09. The van der Waals surface area contributed by atoms with Crippen molar-refractivity contribution in [3.05, 3.63) is 53.8 Å². The molecule has 0 aromatic heterocycles. The highest BCUT2D eigenvalue weighted by molar-refractivity contribution is 8.16. The van der Waals surface area contributed by atoms with Gasteiger partial charge < -0.3 is 14.8 Å². The third-order valence-electron chi connectivity index (χ3n) is 4.63. The Hall–Kier alpha value is -2.87. The number of nitrogens with zero attached hydrogens (tertiary/aromatic N) is 2. The van der Waals surface area contributed by atoms with Crippen LogP contribution in [-0.2, 0) is 4.79 Å². The van der Waals surface area contributed by atoms with E-state index in [0.717, 1.165) is 29.9 Å². The van der Waals surface area contributed by atoms with E-state index in [4.69, 9.17) is 14.5 Å². The van der Waals surface area contributed by atoms with Crippen molar-refractivity contribution in [3.63, 3.8) is 0 Å². The third kappa shape index (κ3) is 6.32. The second-order valence-electron chi connectivity index (χ2n) is 7.78. The number of carbonyl (C=O) groups is 1. The highest BCUT2D eigenvalue weighted by Crippen LogP contribution is 2.28. The van der Waals surface area contributed by atoms with Crippen LogP contribution >= 0.6 is 11.8 Å². The molecule has 32 heavy (non-hydrogen) atoms. The first-order valence-corrected chi connectivity index (χ1v) is 11.5. The number of nitrogens with one attached hydrogen (secondary N) is 1. The van der Waals surface area contributed by atoms with Gasteiger partial charge in [-0.2, -0.15) is 0 Å². The van der Waals surface area contributed by atoms with Crippen molar-refractivity contribution in [2.75, 3.05) is 24.8 Å². The molecule has 2 aromatic rings. The molecular weight excluding hydrogens is 429 g/mol. The van der Waals surface area contributed by atoms with E-state index in [1.165, 1.54) is 31.0 Å². The van der Waals surface area contributed by atoms with Crippen molar-refractivity contribution in [2.45, 2.75) is 39.3 Å². The third-order valence-corrected chi connectivity index (χ3v) is 5.60. The zero-order valence-corrected chi connectivity index (χ0v) is 19.6. The molecule has 0 aliphatic carbocycles. The Kier molecular flexibility index (Phi) is 7.90. The van der Waals surface area contributed by atoms with Crippen molar-refractivity contribution >= 4 is 34.1 Å². The van der Waals surface area contributed by atoms with Crippen LogP contribution in [0.1, 0.15) is 39.2 Å². The number of aliphatic imine (C=N–C) groups is 2. The largest absolute Gasteiger partial charge is 0.494 e. The Balaban J connectivity index is 1.63. The molecule has 0 atom stereocenters. The number of amides is 1. The second-order valence-corrected chi connectivity index (χ2v) is 8.75. The Morgan fingerprint density at radius 3 is 2.56 bits per heavy atom. The highest BCUT2D eigenvalue weighted by Gasteiger charge is 2.28. The summed E-state index contributed by atoms with van der Waals surface area (Å²) < 4.78 is 24.5. The van der Waals surface area contributed by atoms with Gasteiger partial charge in [0.2, 0.25) is 5.91 Å². The molecule has 8 heteroatoms. The Morgan fingerprint density at radius 2 is 1.91 bits per heavy atom. The molecule has 3 rings (SSSR count). The summed E-state index contributed by atoms with van der Waals surface area (Å²) in [5.41, 5.74) is 1.45. The number of benzene rings is 2. The van der Waals surface area contributed by atoms with Crippen molar-refractivity contribution in [2.24, 2.45) is 9.98 Å². The SMILES string of the molecule is CCCCOc1ccc(C2=NC(C)(C)N=C2SCC(=O)Nc2ccc(OC)c(F)c2)cc1. The normalized spacial score (nSPS) is 14.5. The minimum absolute atomic E-state index is 0.125. The summed E-state index contributed by atoms with van der Waals surface area (Å²) in [7, 11) is 1.39. The molecule has 0 radical (unpaired) electrons. The quantitative estimate of drug-likeness (QED) is 0.517. The van der Waals surface area contributed by atoms with E-state index in [1.807, 2.05) is 38.1 Å². The van der Waals surface area contributed by atoms with Crippen LogP contribution in [-0.4, -0.2) is 41.8 Å². The van der Waals surface area contributed by atoms with Gasteiger partial charge in [0.1, 0.15) is 16.5 Å². The van der Waals surface area contributed by atoms with E-state index in [-0.39, 0.29) is 17.4 Å². The summed E-state index contributed by atoms with van der Waals surface area (Å²) in [5, 5.41) is 3.40. The Morgan fingerprint density at radius 1 is 1.16 bits per heavy atom. The standard InChI is InChI=1S/C24H28FN3O3S/c1-5-6-13-31-18-10-7-16(8-11-18)22-23(28-24(2,3)27-22)32-15-21(29)26-17-9-12-20(30-4)19(25)14-17/h7-12,14H,5-6,13,15H2,1-4H3,(H,26,29). The zero-order valence-electron chi connectivity index (χ0n) is 18.8. The number of carbonyl (C=O) groups excluding carboxylic acids is 1. The van der Waals surface area contributed by atoms with Crippen LogP contribution in [0, 0.1) is 5.82 Å². The number of thioether (sulfide) groups is 1. The van der Waals surface area contributed by atoms with E-state index >= 15 is 0 Å². The van der Waals surface area contributed by atoms with Gasteiger partial charge in [-0.25, -0.2) is 9.38 Å². The maximum absolute atomic E-state index is 13.8. The molecule has 1 aliphatic heterocycles. The molecule has 0 fully saturated rings. The number of ether oxygens (including phenoxy) is 2. The average Bonchev–Trinajstić information content (AvgIpc) is 3.07. The van der Waals surface area contributed by atoms with Crippen LogP contribution in [0.2, 0.25) is 0 Å². The predicted octanol–water partition coefficient (Wildman–Crippen LogP) is 5.32. The van der Waals surface area contributed by atoms with Crippen LogP contribution in [0.25, 0.3) is 0 Å². The Labute approximate surface area is 192 Å². The molecule has 2 aromatic carbocycles. The van der Waals surface area contributed by atoms with Gasteiger partial charge in [0.15, 0.2) is 11.6 Å². The zero-order chi connectivity index (χ0) is 23.1. The monoisotopic (exact) mass is 457 g/mol. The number of unbranched alkanes of at least 4 members (excludes halogenated alkanes) is 1. The first kappa shape index (κ1) is 23.8. The minimum Gasteiger partial charge on any atom is -0.494 e. The fourth-order valence-corrected chi connectivity index (χ4v) is 3.98. The number of methoxy groups -OCH3 is 1. The number of hydrogen-bond donors (Lipinski definition) is 1. The minimum atomic E-state index is -0.594. The van der Waals surface area contributed by atoms with Crippen molar-refractivity contribution in [3.8, 4) is 11.5 Å². The molecule has 0 spiro atoms. The molecule has 1 heterocycles. The highest BCUT2D eigenvalue weighted by atomic mass is 32.2. The van der Waals surface area contributed by atoms with E-state index in [2.05, 4.69) is 17.2 Å². The molecule has 0 saturated carbocycles. The fraction of sp³-hybridized carbons (Fsp3) is 0.375. The molecule has 0 saturated heterocycles. The number of anilines is 1. The van der Waals surface area contributed by atoms with Crippen LogP contribution in [0.3, 0.4) is 0 Å². The average molecular weight is 458 g/mol. The number of hydrogen-bond acceptors (Lipinski definition) is 6. The molecule has 1 N–H and O–H groups in total. The lowest BCUT2D eigenvalue weighted by molar-refractivity contribution is -0.113. The predicted molar refractivity (Wildman–Crippen MR) is 129 cm³/mol. The van der Waals surface area contributed by atoms with Crippen LogP contribution in [0.15, 0.2) is 52.4 Å². The van der Waals surface area contributed by atoms with Gasteiger partial charge in [-0.05, 0) is 56.7 Å². The smallest absolute Gasteiger partial charge is 0.234 e. The summed E-state index contributed by atoms with van der Waals surface area (Å²) in [4.78, 5) is 21.8. The first-order valence-electron chi connectivity index (χ1n) is 10.5.